The van der Waals surface area contributed by atoms with Crippen molar-refractivity contribution >= 4 is 33.2 Å². The second kappa shape index (κ2) is 10.9. The molecule has 0 bridgehead atoms. The number of anilines is 4. The third-order valence-corrected chi connectivity index (χ3v) is 7.61. The van der Waals surface area contributed by atoms with Gasteiger partial charge in [0.15, 0.2) is 0 Å². The molecular formula is C24H30N6O3S. The van der Waals surface area contributed by atoms with Crippen molar-refractivity contribution in [3.8, 4) is 0 Å². The van der Waals surface area contributed by atoms with Gasteiger partial charge >= 0.3 is 0 Å². The molecule has 9 nitrogen and oxygen atoms in total. The smallest absolute Gasteiger partial charge is 0.243 e. The number of nitrogens with zero attached hydrogens (tertiary/aromatic N) is 3. The van der Waals surface area contributed by atoms with Crippen LogP contribution in [0.3, 0.4) is 0 Å². The highest BCUT2D eigenvalue weighted by molar-refractivity contribution is 7.89. The van der Waals surface area contributed by atoms with E-state index in [1.807, 2.05) is 31.2 Å². The molecule has 1 fully saturated rings. The third-order valence-electron chi connectivity index (χ3n) is 5.64. The first-order valence-corrected chi connectivity index (χ1v) is 12.7. The van der Waals surface area contributed by atoms with Crippen molar-refractivity contribution < 1.29 is 13.2 Å². The van der Waals surface area contributed by atoms with Crippen LogP contribution in [0, 0.1) is 6.92 Å². The maximum Gasteiger partial charge on any atom is 0.243 e. The number of ether oxygens (including phenoxy) is 1. The Kier molecular flexibility index (Phi) is 7.73. The number of aryl methyl sites for hydroxylation is 1. The lowest BCUT2D eigenvalue weighted by Crippen LogP contribution is -2.45. The summed E-state index contributed by atoms with van der Waals surface area (Å²) in [6, 6.07) is 16.3. The van der Waals surface area contributed by atoms with Crippen LogP contribution < -0.4 is 16.4 Å². The van der Waals surface area contributed by atoms with Gasteiger partial charge in [-0.15, -0.1) is 0 Å². The van der Waals surface area contributed by atoms with Gasteiger partial charge in [-0.1, -0.05) is 17.7 Å². The molecule has 1 saturated heterocycles. The van der Waals surface area contributed by atoms with Gasteiger partial charge in [0.2, 0.25) is 16.0 Å². The van der Waals surface area contributed by atoms with Crippen LogP contribution in [0.25, 0.3) is 0 Å². The molecule has 0 aliphatic carbocycles. The number of nitrogens with two attached hydrogens (primary N) is 1. The molecule has 0 spiro atoms. The molecule has 0 amide bonds. The predicted octanol–water partition coefficient (Wildman–Crippen LogP) is 3.40. The molecule has 0 atom stereocenters. The molecule has 1 aliphatic rings. The first-order chi connectivity index (χ1) is 16.5. The molecule has 3 aromatic rings. The van der Waals surface area contributed by atoms with Crippen molar-refractivity contribution in [2.75, 3.05) is 36.9 Å². The number of sulfonamides is 1. The van der Waals surface area contributed by atoms with Gasteiger partial charge < -0.3 is 21.1 Å². The van der Waals surface area contributed by atoms with Crippen molar-refractivity contribution in [3.05, 3.63) is 66.4 Å². The van der Waals surface area contributed by atoms with E-state index >= 15 is 0 Å². The number of nitrogens with one attached hydrogen (secondary N) is 2. The fraction of sp³-hybridized carbons (Fsp3) is 0.333. The lowest BCUT2D eigenvalue weighted by Gasteiger charge is -2.33. The first kappa shape index (κ1) is 24.1. The lowest BCUT2D eigenvalue weighted by atomic mass is 10.1. The Morgan fingerprint density at radius 1 is 1.00 bits per heavy atom. The normalized spacial score (nSPS) is 14.8. The van der Waals surface area contributed by atoms with E-state index in [0.29, 0.717) is 43.5 Å². The Labute approximate surface area is 200 Å². The van der Waals surface area contributed by atoms with Gasteiger partial charge in [0.1, 0.15) is 5.82 Å². The lowest BCUT2D eigenvalue weighted by molar-refractivity contribution is 0.0590. The molecule has 0 radical (unpaired) electrons. The summed E-state index contributed by atoms with van der Waals surface area (Å²) in [6.45, 7) is 3.69. The zero-order valence-corrected chi connectivity index (χ0v) is 20.0. The Bertz CT molecular complexity index is 1180. The highest BCUT2D eigenvalue weighted by Crippen LogP contribution is 2.25. The Morgan fingerprint density at radius 3 is 2.32 bits per heavy atom. The Morgan fingerprint density at radius 2 is 1.65 bits per heavy atom. The molecule has 10 heteroatoms. The fourth-order valence-corrected chi connectivity index (χ4v) is 5.55. The van der Waals surface area contributed by atoms with Crippen molar-refractivity contribution in [1.29, 1.82) is 0 Å². The maximum atomic E-state index is 13.3. The number of rotatable bonds is 9. The van der Waals surface area contributed by atoms with E-state index in [4.69, 9.17) is 10.5 Å². The summed E-state index contributed by atoms with van der Waals surface area (Å²) in [5.74, 6) is 1.05. The van der Waals surface area contributed by atoms with E-state index in [0.717, 1.165) is 5.69 Å². The molecule has 1 aromatic heterocycles. The van der Waals surface area contributed by atoms with E-state index in [9.17, 15) is 8.42 Å². The average Bonchev–Trinajstić information content (AvgIpc) is 2.85. The molecule has 0 unspecified atom stereocenters. The second-order valence-electron chi connectivity index (χ2n) is 8.15. The van der Waals surface area contributed by atoms with Crippen LogP contribution in [-0.4, -0.2) is 55.0 Å². The van der Waals surface area contributed by atoms with Crippen molar-refractivity contribution in [2.45, 2.75) is 30.7 Å². The van der Waals surface area contributed by atoms with Crippen LogP contribution in [0.4, 0.5) is 23.1 Å². The molecular weight excluding hydrogens is 452 g/mol. The zero-order chi connectivity index (χ0) is 24.0. The first-order valence-electron chi connectivity index (χ1n) is 11.3. The number of hydrogen-bond acceptors (Lipinski definition) is 8. The summed E-state index contributed by atoms with van der Waals surface area (Å²) in [6.07, 6.45) is 3.00. The largest absolute Gasteiger partial charge is 0.381 e. The van der Waals surface area contributed by atoms with Gasteiger partial charge in [-0.3, -0.25) is 0 Å². The molecule has 0 saturated carbocycles. The van der Waals surface area contributed by atoms with Crippen molar-refractivity contribution in [3.63, 3.8) is 0 Å². The van der Waals surface area contributed by atoms with Gasteiger partial charge in [0.25, 0.3) is 0 Å². The van der Waals surface area contributed by atoms with Crippen LogP contribution >= 0.6 is 0 Å². The quantitative estimate of drug-likeness (QED) is 0.424. The van der Waals surface area contributed by atoms with Crippen LogP contribution in [-0.2, 0) is 14.8 Å². The summed E-state index contributed by atoms with van der Waals surface area (Å²) in [4.78, 5) is 8.98. The van der Waals surface area contributed by atoms with Crippen LogP contribution in [0.5, 0.6) is 0 Å². The number of benzene rings is 2. The van der Waals surface area contributed by atoms with Gasteiger partial charge in [-0.2, -0.15) is 9.29 Å². The van der Waals surface area contributed by atoms with Crippen LogP contribution in [0.15, 0.2) is 65.7 Å². The Balaban J connectivity index is 1.46. The minimum Gasteiger partial charge on any atom is -0.381 e. The van der Waals surface area contributed by atoms with Gasteiger partial charge in [-0.05, 0) is 62.2 Å². The molecule has 4 rings (SSSR count). The Hall–Kier alpha value is -3.05. The van der Waals surface area contributed by atoms with Crippen LogP contribution in [0.1, 0.15) is 18.4 Å². The van der Waals surface area contributed by atoms with E-state index in [2.05, 4.69) is 20.6 Å². The summed E-state index contributed by atoms with van der Waals surface area (Å²) in [7, 11) is -3.67. The summed E-state index contributed by atoms with van der Waals surface area (Å²) < 4.78 is 33.5. The monoisotopic (exact) mass is 482 g/mol. The molecule has 2 aromatic carbocycles. The van der Waals surface area contributed by atoms with Crippen molar-refractivity contribution in [1.82, 2.24) is 14.3 Å². The SMILES string of the molecule is Cc1ccc(Nc2ccnc(Nc3ccc(S(=O)(=O)N(CCN)C4CCOCC4)cc3)n2)cc1. The minimum atomic E-state index is -3.67. The van der Waals surface area contributed by atoms with Crippen molar-refractivity contribution in [2.24, 2.45) is 5.73 Å². The third kappa shape index (κ3) is 5.89. The summed E-state index contributed by atoms with van der Waals surface area (Å²) in [5.41, 5.74) is 8.51. The van der Waals surface area contributed by atoms with E-state index in [1.165, 1.54) is 9.87 Å². The number of aromatic nitrogens is 2. The fourth-order valence-electron chi connectivity index (χ4n) is 3.85. The molecule has 180 valence electrons. The minimum absolute atomic E-state index is 0.0997. The average molecular weight is 483 g/mol. The highest BCUT2D eigenvalue weighted by atomic mass is 32.2. The highest BCUT2D eigenvalue weighted by Gasteiger charge is 2.32. The standard InChI is InChI=1S/C24H30N6O3S/c1-18-2-4-19(5-3-18)27-23-10-14-26-24(29-23)28-20-6-8-22(9-7-20)34(31,32)30(15-13-25)21-11-16-33-17-12-21/h2-10,14,21H,11-13,15-17,25H2,1H3,(H2,26,27,28,29). The molecule has 2 heterocycles. The predicted molar refractivity (Wildman–Crippen MR) is 133 cm³/mol. The number of hydrogen-bond donors (Lipinski definition) is 3. The second-order valence-corrected chi connectivity index (χ2v) is 10.0. The van der Waals surface area contributed by atoms with E-state index in [-0.39, 0.29) is 24.0 Å². The topological polar surface area (TPSA) is 122 Å². The summed E-state index contributed by atoms with van der Waals surface area (Å²) >= 11 is 0. The van der Waals surface area contributed by atoms with Gasteiger partial charge in [0.05, 0.1) is 4.90 Å². The van der Waals surface area contributed by atoms with Gasteiger partial charge in [0, 0.05) is 49.9 Å². The van der Waals surface area contributed by atoms with E-state index < -0.39 is 10.0 Å². The molecule has 1 aliphatic heterocycles. The van der Waals surface area contributed by atoms with Crippen LogP contribution in [0.2, 0.25) is 0 Å². The maximum absolute atomic E-state index is 13.3. The molecule has 34 heavy (non-hydrogen) atoms. The van der Waals surface area contributed by atoms with E-state index in [1.54, 1.807) is 36.5 Å². The van der Waals surface area contributed by atoms with Gasteiger partial charge in [-0.25, -0.2) is 13.4 Å². The molecule has 4 N–H and O–H groups in total. The summed E-state index contributed by atoms with van der Waals surface area (Å²) in [5, 5.41) is 6.38. The zero-order valence-electron chi connectivity index (χ0n) is 19.1.